The zero-order valence-electron chi connectivity index (χ0n) is 14.0. The smallest absolute Gasteiger partial charge is 0.200 e. The molecule has 1 aromatic heterocycles. The molecule has 1 saturated carbocycles. The molecule has 1 N–H and O–H groups in total. The van der Waals surface area contributed by atoms with Crippen LogP contribution in [-0.4, -0.2) is 5.11 Å². The molecule has 0 atom stereocenters. The first-order valence-electron chi connectivity index (χ1n) is 7.93. The van der Waals surface area contributed by atoms with Crippen LogP contribution in [0.5, 0.6) is 5.75 Å². The van der Waals surface area contributed by atoms with Gasteiger partial charge in [-0.25, -0.2) is 0 Å². The van der Waals surface area contributed by atoms with Crippen LogP contribution in [0.1, 0.15) is 25.3 Å². The summed E-state index contributed by atoms with van der Waals surface area (Å²) < 4.78 is 5.74. The van der Waals surface area contributed by atoms with Crippen molar-refractivity contribution in [2.75, 3.05) is 0 Å². The first-order chi connectivity index (χ1) is 11.6. The van der Waals surface area contributed by atoms with Crippen LogP contribution in [0.25, 0.3) is 21.9 Å². The van der Waals surface area contributed by atoms with Gasteiger partial charge in [0.1, 0.15) is 16.9 Å². The normalized spacial score (nSPS) is 13.6. The van der Waals surface area contributed by atoms with Gasteiger partial charge in [-0.1, -0.05) is 26.0 Å². The Morgan fingerprint density at radius 2 is 1.52 bits per heavy atom. The maximum atomic E-state index is 12.6. The molecule has 0 aliphatic heterocycles. The van der Waals surface area contributed by atoms with E-state index in [0.29, 0.717) is 21.9 Å². The Labute approximate surface area is 158 Å². The van der Waals surface area contributed by atoms with Crippen LogP contribution in [0.15, 0.2) is 45.6 Å². The van der Waals surface area contributed by atoms with E-state index in [-0.39, 0.29) is 34.2 Å². The molecule has 0 bridgehead atoms. The van der Waals surface area contributed by atoms with Gasteiger partial charge in [-0.15, -0.1) is 0 Å². The van der Waals surface area contributed by atoms with Crippen molar-refractivity contribution < 1.29 is 26.6 Å². The molecule has 1 aliphatic rings. The number of phenolic OH excluding ortho intramolecular Hbond substituents is 1. The van der Waals surface area contributed by atoms with Crippen molar-refractivity contribution in [3.05, 3.63) is 84.3 Å². The molecular weight excluding hydrogens is 356 g/mol. The maximum Gasteiger partial charge on any atom is 0.200 e. The topological polar surface area (TPSA) is 50.4 Å². The number of para-hydroxylation sites is 1. The Kier molecular flexibility index (Phi) is 6.69. The molecule has 129 valence electrons. The van der Waals surface area contributed by atoms with E-state index in [9.17, 15) is 9.90 Å². The quantitative estimate of drug-likeness (QED) is 0.491. The average Bonchev–Trinajstić information content (AvgIpc) is 3.13. The van der Waals surface area contributed by atoms with Crippen LogP contribution in [0, 0.1) is 32.1 Å². The zero-order chi connectivity index (χ0) is 17.1. The minimum atomic E-state index is -0.0412. The zero-order valence-corrected chi connectivity index (χ0v) is 15.1. The van der Waals surface area contributed by atoms with E-state index in [0.717, 1.165) is 5.56 Å². The predicted octanol–water partition coefficient (Wildman–Crippen LogP) is 4.79. The van der Waals surface area contributed by atoms with Crippen molar-refractivity contribution in [1.82, 2.24) is 0 Å². The summed E-state index contributed by atoms with van der Waals surface area (Å²) in [6, 6.07) is 10.3. The number of fused-ring (bicyclic) bond motifs is 2. The molecule has 2 aromatic carbocycles. The molecule has 4 heteroatoms. The molecule has 3 aromatic rings. The van der Waals surface area contributed by atoms with Gasteiger partial charge < -0.3 is 9.52 Å². The van der Waals surface area contributed by atoms with Gasteiger partial charge >= 0.3 is 0 Å². The van der Waals surface area contributed by atoms with Crippen LogP contribution in [0.2, 0.25) is 0 Å². The number of aromatic hydroxyl groups is 1. The summed E-state index contributed by atoms with van der Waals surface area (Å²) in [5.74, 6) is 0.258. The fourth-order valence-electron chi connectivity index (χ4n) is 2.72. The van der Waals surface area contributed by atoms with Gasteiger partial charge in [0.2, 0.25) is 5.43 Å². The van der Waals surface area contributed by atoms with E-state index >= 15 is 0 Å². The van der Waals surface area contributed by atoms with Crippen LogP contribution >= 0.6 is 0 Å². The monoisotopic (exact) mass is 375 g/mol. The Hall–Kier alpha value is -1.77. The van der Waals surface area contributed by atoms with Gasteiger partial charge in [-0.05, 0) is 61.8 Å². The molecule has 3 nitrogen and oxygen atoms in total. The number of hydrogen-bond acceptors (Lipinski definition) is 3. The minimum Gasteiger partial charge on any atom is -0.508 e. The number of phenols is 1. The van der Waals surface area contributed by atoms with Crippen molar-refractivity contribution in [3.8, 4) is 5.75 Å². The number of rotatable bonds is 1. The largest absolute Gasteiger partial charge is 0.508 e. The van der Waals surface area contributed by atoms with Gasteiger partial charge in [0.15, 0.2) is 0 Å². The molecule has 1 heterocycles. The van der Waals surface area contributed by atoms with Crippen LogP contribution in [-0.2, 0) is 17.1 Å². The third-order valence-corrected chi connectivity index (χ3v) is 3.87. The number of benzene rings is 2. The molecule has 0 spiro atoms. The van der Waals surface area contributed by atoms with Crippen molar-refractivity contribution >= 4 is 21.9 Å². The van der Waals surface area contributed by atoms with E-state index in [1.54, 1.807) is 18.2 Å². The average molecular weight is 375 g/mol. The Bertz CT molecular complexity index is 900. The van der Waals surface area contributed by atoms with E-state index in [1.807, 2.05) is 58.1 Å². The first-order valence-corrected chi connectivity index (χ1v) is 7.93. The van der Waals surface area contributed by atoms with E-state index in [4.69, 9.17) is 4.42 Å². The molecule has 0 amide bonds. The van der Waals surface area contributed by atoms with Crippen LogP contribution < -0.4 is 5.43 Å². The van der Waals surface area contributed by atoms with Gasteiger partial charge in [0.05, 0.1) is 10.8 Å². The van der Waals surface area contributed by atoms with E-state index in [1.165, 1.54) is 6.07 Å². The second kappa shape index (κ2) is 8.55. The van der Waals surface area contributed by atoms with Crippen LogP contribution in [0.3, 0.4) is 0 Å². The summed E-state index contributed by atoms with van der Waals surface area (Å²) in [5, 5.41) is 10.9. The molecule has 1 fully saturated rings. The van der Waals surface area contributed by atoms with Crippen molar-refractivity contribution in [3.63, 3.8) is 0 Å². The fourth-order valence-corrected chi connectivity index (χ4v) is 2.72. The summed E-state index contributed by atoms with van der Waals surface area (Å²) >= 11 is 0. The molecular formula is C21H19FeO3. The first kappa shape index (κ1) is 19.6. The van der Waals surface area contributed by atoms with Gasteiger partial charge in [0, 0.05) is 23.1 Å². The fraction of sp³-hybridized carbons (Fsp3) is 0.143. The maximum absolute atomic E-state index is 12.6. The minimum absolute atomic E-state index is 0. The third-order valence-electron chi connectivity index (χ3n) is 3.87. The third kappa shape index (κ3) is 4.26. The molecule has 1 aliphatic carbocycles. The SMILES string of the molecule is CC(C)c1cc(O)cc2oc3ccccc3c(=O)c12.[CH]1[CH][CH][CH][CH]1.[Fe]. The summed E-state index contributed by atoms with van der Waals surface area (Å²) in [4.78, 5) is 12.6. The van der Waals surface area contributed by atoms with E-state index < -0.39 is 0 Å². The second-order valence-electron chi connectivity index (χ2n) is 5.95. The summed E-state index contributed by atoms with van der Waals surface area (Å²) in [5.41, 5.74) is 1.75. The summed E-state index contributed by atoms with van der Waals surface area (Å²) in [6.45, 7) is 3.98. The predicted molar refractivity (Wildman–Crippen MR) is 97.2 cm³/mol. The standard InChI is InChI=1S/C16H14O3.C5H5.Fe/c1-9(2)12-7-10(17)8-14-15(12)16(18)11-5-3-4-6-13(11)19-14;1-2-4-5-3-1;/h3-9,17H,1-2H3;1-5H;. The molecule has 25 heavy (non-hydrogen) atoms. The van der Waals surface area contributed by atoms with Gasteiger partial charge in [-0.3, -0.25) is 4.79 Å². The Morgan fingerprint density at radius 3 is 2.12 bits per heavy atom. The van der Waals surface area contributed by atoms with Crippen LogP contribution in [0.4, 0.5) is 0 Å². The Morgan fingerprint density at radius 1 is 0.920 bits per heavy atom. The molecule has 5 radical (unpaired) electrons. The summed E-state index contributed by atoms with van der Waals surface area (Å²) in [6.07, 6.45) is 10.0. The molecule has 0 saturated heterocycles. The van der Waals surface area contributed by atoms with Gasteiger partial charge in [-0.2, -0.15) is 0 Å². The van der Waals surface area contributed by atoms with E-state index in [2.05, 4.69) is 0 Å². The van der Waals surface area contributed by atoms with Crippen molar-refractivity contribution in [2.24, 2.45) is 0 Å². The van der Waals surface area contributed by atoms with Crippen molar-refractivity contribution in [1.29, 1.82) is 0 Å². The second-order valence-corrected chi connectivity index (χ2v) is 5.95. The number of hydrogen-bond donors (Lipinski definition) is 1. The van der Waals surface area contributed by atoms with Gasteiger partial charge in [0.25, 0.3) is 0 Å². The summed E-state index contributed by atoms with van der Waals surface area (Å²) in [7, 11) is 0. The molecule has 0 unspecified atom stereocenters. The Balaban J connectivity index is 0.000000325. The molecule has 4 rings (SSSR count). The van der Waals surface area contributed by atoms with Crippen molar-refractivity contribution in [2.45, 2.75) is 19.8 Å².